The highest BCUT2D eigenvalue weighted by Crippen LogP contribution is 2.31. The highest BCUT2D eigenvalue weighted by molar-refractivity contribution is 7.20. The highest BCUT2D eigenvalue weighted by Gasteiger charge is 2.20. The number of aliphatic hydroxyl groups excluding tert-OH is 1. The van der Waals surface area contributed by atoms with Crippen LogP contribution < -0.4 is 0 Å². The molecule has 5 rings (SSSR count). The number of carbonyl (C=O) groups is 1. The average molecular weight is 490 g/mol. The summed E-state index contributed by atoms with van der Waals surface area (Å²) in [5.74, 6) is -0.805. The van der Waals surface area contributed by atoms with Crippen molar-refractivity contribution in [2.75, 3.05) is 6.61 Å². The molecule has 10 heteroatoms. The lowest BCUT2D eigenvalue weighted by Crippen LogP contribution is -2.08. The van der Waals surface area contributed by atoms with Crippen molar-refractivity contribution in [1.29, 1.82) is 5.26 Å². The number of nitriles is 1. The van der Waals surface area contributed by atoms with Gasteiger partial charge in [0.25, 0.3) is 0 Å². The summed E-state index contributed by atoms with van der Waals surface area (Å²) in [5, 5.41) is 25.9. The molecule has 168 valence electrons. The second kappa shape index (κ2) is 8.67. The lowest BCUT2D eigenvalue weighted by Gasteiger charge is -2.04. The molecule has 0 spiro atoms. The Kier molecular flexibility index (Phi) is 5.53. The molecule has 0 bridgehead atoms. The fourth-order valence-electron chi connectivity index (χ4n) is 3.53. The Morgan fingerprint density at radius 3 is 2.85 bits per heavy atom. The number of carbonyl (C=O) groups excluding carboxylic acids is 1. The molecule has 0 atom stereocenters. The number of allylic oxidation sites excluding steroid dienone is 1. The minimum Gasteiger partial charge on any atom is -0.507 e. The molecule has 0 unspecified atom stereocenters. The van der Waals surface area contributed by atoms with Gasteiger partial charge in [0.1, 0.15) is 28.0 Å². The molecule has 0 saturated heterocycles. The van der Waals surface area contributed by atoms with Crippen LogP contribution in [0.25, 0.3) is 32.5 Å². The summed E-state index contributed by atoms with van der Waals surface area (Å²) < 4.78 is 7.02. The minimum absolute atomic E-state index is 0.0900. The Morgan fingerprint density at radius 2 is 2.09 bits per heavy atom. The van der Waals surface area contributed by atoms with E-state index >= 15 is 0 Å². The van der Waals surface area contributed by atoms with Crippen LogP contribution in [0, 0.1) is 18.3 Å². The number of ether oxygens (including phenoxy) is 1. The smallest absolute Gasteiger partial charge is 0.348 e. The van der Waals surface area contributed by atoms with E-state index in [0.29, 0.717) is 15.4 Å². The zero-order valence-corrected chi connectivity index (χ0v) is 19.3. The van der Waals surface area contributed by atoms with Gasteiger partial charge in [-0.2, -0.15) is 10.4 Å². The van der Waals surface area contributed by atoms with Gasteiger partial charge in [-0.25, -0.2) is 14.5 Å². The topological polar surface area (TPSA) is 117 Å². The summed E-state index contributed by atoms with van der Waals surface area (Å²) in [5.41, 5.74) is 2.82. The third-order valence-corrected chi connectivity index (χ3v) is 6.49. The number of hydrogen-bond acceptors (Lipinski definition) is 7. The van der Waals surface area contributed by atoms with Crippen molar-refractivity contribution in [3.8, 4) is 11.8 Å². The molecule has 3 heterocycles. The summed E-state index contributed by atoms with van der Waals surface area (Å²) in [6.07, 6.45) is 0. The normalized spacial score (nSPS) is 12.0. The summed E-state index contributed by atoms with van der Waals surface area (Å²) in [6.45, 7) is 1.39. The van der Waals surface area contributed by atoms with E-state index in [9.17, 15) is 15.2 Å². The lowest BCUT2D eigenvalue weighted by atomic mass is 10.2. The average Bonchev–Trinajstić information content (AvgIpc) is 3.52. The van der Waals surface area contributed by atoms with Crippen molar-refractivity contribution in [1.82, 2.24) is 19.7 Å². The van der Waals surface area contributed by atoms with Crippen LogP contribution in [0.3, 0.4) is 0 Å². The number of benzene rings is 2. The number of aromatic nitrogens is 4. The van der Waals surface area contributed by atoms with Gasteiger partial charge in [0, 0.05) is 10.4 Å². The van der Waals surface area contributed by atoms with Crippen LogP contribution in [0.5, 0.6) is 0 Å². The van der Waals surface area contributed by atoms with Crippen LogP contribution >= 0.6 is 22.9 Å². The van der Waals surface area contributed by atoms with Crippen molar-refractivity contribution in [2.45, 2.75) is 6.92 Å². The number of nitrogens with zero attached hydrogens (tertiary/aromatic N) is 4. The third-order valence-electron chi connectivity index (χ3n) is 5.17. The Morgan fingerprint density at radius 1 is 1.26 bits per heavy atom. The summed E-state index contributed by atoms with van der Waals surface area (Å²) in [6, 6.07) is 18.1. The van der Waals surface area contributed by atoms with Gasteiger partial charge in [0.2, 0.25) is 0 Å². The van der Waals surface area contributed by atoms with E-state index in [1.165, 1.54) is 11.3 Å². The number of thiophene rings is 1. The van der Waals surface area contributed by atoms with E-state index < -0.39 is 18.3 Å². The van der Waals surface area contributed by atoms with Gasteiger partial charge in [0.15, 0.2) is 11.6 Å². The fourth-order valence-corrected chi connectivity index (χ4v) is 4.79. The van der Waals surface area contributed by atoms with E-state index in [1.54, 1.807) is 28.9 Å². The summed E-state index contributed by atoms with van der Waals surface area (Å²) >= 11 is 7.33. The molecule has 8 nitrogen and oxygen atoms in total. The zero-order valence-electron chi connectivity index (χ0n) is 17.7. The molecular weight excluding hydrogens is 474 g/mol. The van der Waals surface area contributed by atoms with E-state index in [2.05, 4.69) is 15.1 Å². The first-order valence-electron chi connectivity index (χ1n) is 10.1. The van der Waals surface area contributed by atoms with E-state index in [1.807, 2.05) is 43.3 Å². The molecule has 0 aliphatic carbocycles. The molecule has 0 aliphatic rings. The number of fused-ring (bicyclic) bond motifs is 2. The number of aliphatic hydroxyl groups is 1. The second-order valence-electron chi connectivity index (χ2n) is 7.42. The number of rotatable bonds is 5. The van der Waals surface area contributed by atoms with Crippen LogP contribution in [0.2, 0.25) is 5.02 Å². The van der Waals surface area contributed by atoms with Gasteiger partial charge in [-0.3, -0.25) is 0 Å². The minimum atomic E-state index is -0.619. The lowest BCUT2D eigenvalue weighted by molar-refractivity contribution is 0.0508. The van der Waals surface area contributed by atoms with Gasteiger partial charge in [-0.15, -0.1) is 11.3 Å². The monoisotopic (exact) mass is 489 g/mol. The molecule has 0 fully saturated rings. The fraction of sp³-hybridized carbons (Fsp3) is 0.0833. The maximum Gasteiger partial charge on any atom is 0.348 e. The van der Waals surface area contributed by atoms with Crippen LogP contribution in [0.4, 0.5) is 0 Å². The first-order valence-corrected chi connectivity index (χ1v) is 11.3. The summed E-state index contributed by atoms with van der Waals surface area (Å²) in [4.78, 5) is 21.1. The maximum atomic E-state index is 12.7. The zero-order chi connectivity index (χ0) is 23.8. The molecule has 0 amide bonds. The molecule has 2 aromatic carbocycles. The number of aromatic amines is 1. The summed E-state index contributed by atoms with van der Waals surface area (Å²) in [7, 11) is 0. The number of aryl methyl sites for hydroxylation is 1. The number of nitrogens with one attached hydrogen (secondary N) is 1. The van der Waals surface area contributed by atoms with Gasteiger partial charge in [-0.1, -0.05) is 29.8 Å². The molecule has 0 radical (unpaired) electrons. The van der Waals surface area contributed by atoms with E-state index in [4.69, 9.17) is 16.3 Å². The van der Waals surface area contributed by atoms with Gasteiger partial charge in [-0.05, 0) is 43.3 Å². The number of halogens is 1. The Hall–Kier alpha value is -4.13. The first kappa shape index (κ1) is 21.7. The second-order valence-corrected chi connectivity index (χ2v) is 8.89. The number of hydrogen-bond donors (Lipinski definition) is 2. The van der Waals surface area contributed by atoms with Gasteiger partial charge >= 0.3 is 5.97 Å². The Bertz CT molecular complexity index is 1610. The van der Waals surface area contributed by atoms with Crippen LogP contribution in [0.15, 0.2) is 60.4 Å². The predicted molar refractivity (Wildman–Crippen MR) is 130 cm³/mol. The van der Waals surface area contributed by atoms with Crippen LogP contribution in [0.1, 0.15) is 21.2 Å². The maximum absolute atomic E-state index is 12.7. The molecule has 3 aromatic heterocycles. The quantitative estimate of drug-likeness (QED) is 0.189. The molecule has 5 aromatic rings. The van der Waals surface area contributed by atoms with E-state index in [0.717, 1.165) is 27.1 Å². The van der Waals surface area contributed by atoms with Crippen LogP contribution in [-0.2, 0) is 4.74 Å². The Labute approximate surface area is 202 Å². The van der Waals surface area contributed by atoms with Gasteiger partial charge in [0.05, 0.1) is 22.4 Å². The number of esters is 1. The van der Waals surface area contributed by atoms with Crippen molar-refractivity contribution in [3.05, 3.63) is 81.8 Å². The number of H-pyrrole nitrogens is 1. The van der Waals surface area contributed by atoms with Crippen molar-refractivity contribution >= 4 is 55.7 Å². The standard InChI is InChI=1S/C24H16ClN5O3S/c1-13-16-10-21(34-23(16)30(29-13)15-6-4-5-14(25)9-15)24(32)33-12-20(31)17(11-26)22-27-18-7-2-3-8-19(18)28-22/h2-10,31H,12H2,1H3,(H,27,28). The Balaban J connectivity index is 1.39. The van der Waals surface area contributed by atoms with Crippen molar-refractivity contribution in [3.63, 3.8) is 0 Å². The highest BCUT2D eigenvalue weighted by atomic mass is 35.5. The van der Waals surface area contributed by atoms with Gasteiger partial charge < -0.3 is 14.8 Å². The SMILES string of the molecule is Cc1nn(-c2cccc(Cl)c2)c2sc(C(=O)OCC(O)=C(C#N)c3nc4ccccc4[nH]3)cc12. The first-order chi connectivity index (χ1) is 16.4. The largest absolute Gasteiger partial charge is 0.507 e. The molecular formula is C24H16ClN5O3S. The van der Waals surface area contributed by atoms with Crippen LogP contribution in [-0.4, -0.2) is 37.4 Å². The van der Waals surface area contributed by atoms with Crippen molar-refractivity contribution < 1.29 is 14.6 Å². The predicted octanol–water partition coefficient (Wildman–Crippen LogP) is 5.57. The van der Waals surface area contributed by atoms with E-state index in [-0.39, 0.29) is 11.4 Å². The molecule has 0 aliphatic heterocycles. The number of imidazole rings is 1. The third kappa shape index (κ3) is 3.90. The van der Waals surface area contributed by atoms with Crippen molar-refractivity contribution in [2.24, 2.45) is 0 Å². The molecule has 0 saturated carbocycles. The molecule has 2 N–H and O–H groups in total. The number of para-hydroxylation sites is 2. The molecule has 34 heavy (non-hydrogen) atoms.